The fourth-order valence-electron chi connectivity index (χ4n) is 3.71. The van der Waals surface area contributed by atoms with Crippen LogP contribution in [-0.4, -0.2) is 23.1 Å². The summed E-state index contributed by atoms with van der Waals surface area (Å²) in [5.41, 5.74) is 1.16. The number of hydrogen-bond donors (Lipinski definition) is 0. The van der Waals surface area contributed by atoms with E-state index < -0.39 is 0 Å². The van der Waals surface area contributed by atoms with E-state index >= 15 is 0 Å². The first-order valence-electron chi connectivity index (χ1n) is 11.9. The molecule has 0 aromatic heterocycles. The average molecular weight is 447 g/mol. The van der Waals surface area contributed by atoms with Crippen LogP contribution in [0.3, 0.4) is 0 Å². The van der Waals surface area contributed by atoms with Gasteiger partial charge in [-0.2, -0.15) is 0 Å². The van der Waals surface area contributed by atoms with Gasteiger partial charge in [0, 0.05) is 11.1 Å². The summed E-state index contributed by atoms with van der Waals surface area (Å²) in [6.07, 6.45) is 14.9. The van der Waals surface area contributed by atoms with Gasteiger partial charge in [-0.25, -0.2) is 0 Å². The van der Waals surface area contributed by atoms with Crippen LogP contribution < -0.4 is 0 Å². The molecular formula is C26H38O2S2. The molecule has 0 saturated carbocycles. The van der Waals surface area contributed by atoms with Crippen molar-refractivity contribution in [3.05, 3.63) is 45.2 Å². The fraction of sp³-hybridized carbons (Fsp3) is 0.615. The van der Waals surface area contributed by atoms with Crippen LogP contribution in [0.5, 0.6) is 0 Å². The summed E-state index contributed by atoms with van der Waals surface area (Å²) in [4.78, 5) is 27.7. The summed E-state index contributed by atoms with van der Waals surface area (Å²) < 4.78 is 0. The molecule has 0 fully saturated rings. The van der Waals surface area contributed by atoms with Crippen molar-refractivity contribution < 1.29 is 9.59 Å². The van der Waals surface area contributed by atoms with Gasteiger partial charge in [0.2, 0.25) is 11.6 Å². The number of Topliss-reactive ketones (excluding diaryl/α,β-unsaturated/α-hetero) is 2. The number of ketones is 2. The molecule has 2 rings (SSSR count). The van der Waals surface area contributed by atoms with Gasteiger partial charge < -0.3 is 0 Å². The second-order valence-corrected chi connectivity index (χ2v) is 10.3. The second kappa shape index (κ2) is 14.9. The zero-order valence-electron chi connectivity index (χ0n) is 18.8. The molecule has 0 atom stereocenters. The highest BCUT2D eigenvalue weighted by atomic mass is 32.2. The molecule has 0 N–H and O–H groups in total. The van der Waals surface area contributed by atoms with Crippen molar-refractivity contribution in [3.8, 4) is 0 Å². The first-order chi connectivity index (χ1) is 14.7. The molecule has 166 valence electrons. The zero-order chi connectivity index (χ0) is 21.6. The third-order valence-electron chi connectivity index (χ3n) is 5.52. The van der Waals surface area contributed by atoms with Crippen LogP contribution in [0.4, 0.5) is 0 Å². The van der Waals surface area contributed by atoms with Crippen LogP contribution in [0.1, 0.15) is 112 Å². The molecule has 4 heteroatoms. The van der Waals surface area contributed by atoms with Gasteiger partial charge in [-0.15, -0.1) is 23.5 Å². The Morgan fingerprint density at radius 3 is 1.33 bits per heavy atom. The standard InChI is InChI=1S/C26H38O2S2/c1-3-5-7-9-11-15-19-29-25-23(27)21-17-13-14-18-22(21)24(28)26(25)30-20-16-12-10-8-6-4-2/h13-14,17-18H,3-12,15-16,19-20H2,1-2H3. The summed E-state index contributed by atoms with van der Waals surface area (Å²) in [5, 5.41) is 0. The van der Waals surface area contributed by atoms with Crippen LogP contribution in [0.15, 0.2) is 34.1 Å². The van der Waals surface area contributed by atoms with Crippen LogP contribution in [0, 0.1) is 0 Å². The van der Waals surface area contributed by atoms with Crippen LogP contribution in [0.25, 0.3) is 0 Å². The molecule has 1 aliphatic rings. The van der Waals surface area contributed by atoms with E-state index in [1.807, 2.05) is 12.1 Å². The molecule has 1 aliphatic carbocycles. The van der Waals surface area contributed by atoms with Gasteiger partial charge in [0.25, 0.3) is 0 Å². The Hall–Kier alpha value is -1.00. The Labute approximate surface area is 192 Å². The third kappa shape index (κ3) is 7.92. The Bertz CT molecular complexity index is 650. The van der Waals surface area contributed by atoms with Crippen molar-refractivity contribution in [1.29, 1.82) is 0 Å². The van der Waals surface area contributed by atoms with E-state index in [1.165, 1.54) is 64.2 Å². The maximum Gasteiger partial charge on any atom is 0.201 e. The monoisotopic (exact) mass is 446 g/mol. The summed E-state index contributed by atoms with van der Waals surface area (Å²) in [7, 11) is 0. The zero-order valence-corrected chi connectivity index (χ0v) is 20.5. The lowest BCUT2D eigenvalue weighted by atomic mass is 9.94. The molecule has 0 saturated heterocycles. The predicted molar refractivity (Wildman–Crippen MR) is 134 cm³/mol. The maximum absolute atomic E-state index is 13.1. The molecule has 0 spiro atoms. The third-order valence-corrected chi connectivity index (χ3v) is 7.99. The lowest BCUT2D eigenvalue weighted by molar-refractivity contribution is 0.0988. The number of carbonyl (C=O) groups excluding carboxylic acids is 2. The number of carbonyl (C=O) groups is 2. The van der Waals surface area contributed by atoms with Crippen molar-refractivity contribution >= 4 is 35.1 Å². The number of rotatable bonds is 16. The topological polar surface area (TPSA) is 34.1 Å². The minimum Gasteiger partial charge on any atom is -0.288 e. The number of thioether (sulfide) groups is 2. The minimum absolute atomic E-state index is 0.0478. The van der Waals surface area contributed by atoms with E-state index in [2.05, 4.69) is 13.8 Å². The largest absolute Gasteiger partial charge is 0.288 e. The molecule has 0 unspecified atom stereocenters. The first kappa shape index (κ1) is 25.3. The van der Waals surface area contributed by atoms with Crippen molar-refractivity contribution in [2.45, 2.75) is 90.9 Å². The number of allylic oxidation sites excluding steroid dienone is 2. The quantitative estimate of drug-likeness (QED) is 0.238. The number of fused-ring (bicyclic) bond motifs is 1. The summed E-state index contributed by atoms with van der Waals surface area (Å²) >= 11 is 3.22. The molecule has 0 bridgehead atoms. The molecule has 30 heavy (non-hydrogen) atoms. The maximum atomic E-state index is 13.1. The SMILES string of the molecule is CCCCCCCCSC1=C(SCCCCCCCC)C(=O)c2ccccc2C1=O. The van der Waals surface area contributed by atoms with Gasteiger partial charge in [0.15, 0.2) is 0 Å². The smallest absolute Gasteiger partial charge is 0.201 e. The first-order valence-corrected chi connectivity index (χ1v) is 13.9. The van der Waals surface area contributed by atoms with Crippen molar-refractivity contribution in [2.75, 3.05) is 11.5 Å². The highest BCUT2D eigenvalue weighted by molar-refractivity contribution is 8.08. The predicted octanol–water partition coefficient (Wildman–Crippen LogP) is 8.46. The van der Waals surface area contributed by atoms with E-state index in [4.69, 9.17) is 0 Å². The van der Waals surface area contributed by atoms with Crippen LogP contribution in [-0.2, 0) is 0 Å². The van der Waals surface area contributed by atoms with E-state index in [0.717, 1.165) is 24.3 Å². The van der Waals surface area contributed by atoms with Crippen LogP contribution >= 0.6 is 23.5 Å². The van der Waals surface area contributed by atoms with E-state index in [9.17, 15) is 9.59 Å². The van der Waals surface area contributed by atoms with Gasteiger partial charge in [-0.3, -0.25) is 9.59 Å². The summed E-state index contributed by atoms with van der Waals surface area (Å²) in [6.45, 7) is 4.46. The number of hydrogen-bond acceptors (Lipinski definition) is 4. The molecule has 0 aliphatic heterocycles. The van der Waals surface area contributed by atoms with Crippen LogP contribution in [0.2, 0.25) is 0 Å². The van der Waals surface area contributed by atoms with E-state index in [-0.39, 0.29) is 11.6 Å². The Balaban J connectivity index is 1.95. The lowest BCUT2D eigenvalue weighted by Crippen LogP contribution is -2.20. The number of unbranched alkanes of at least 4 members (excludes halogenated alkanes) is 10. The highest BCUT2D eigenvalue weighted by Crippen LogP contribution is 2.38. The Morgan fingerprint density at radius 2 is 0.933 bits per heavy atom. The minimum atomic E-state index is 0.0478. The second-order valence-electron chi connectivity index (χ2n) is 8.09. The van der Waals surface area contributed by atoms with Gasteiger partial charge >= 0.3 is 0 Å². The molecule has 1 aromatic rings. The van der Waals surface area contributed by atoms with E-state index in [1.54, 1.807) is 35.7 Å². The normalized spacial score (nSPS) is 13.8. The molecule has 0 radical (unpaired) electrons. The molecule has 0 heterocycles. The fourth-order valence-corrected chi connectivity index (χ4v) is 6.09. The molecule has 2 nitrogen and oxygen atoms in total. The van der Waals surface area contributed by atoms with Gasteiger partial charge in [0.1, 0.15) is 0 Å². The van der Waals surface area contributed by atoms with Crippen molar-refractivity contribution in [3.63, 3.8) is 0 Å². The lowest BCUT2D eigenvalue weighted by Gasteiger charge is -2.20. The summed E-state index contributed by atoms with van der Waals surface area (Å²) in [6, 6.07) is 7.31. The molecule has 1 aromatic carbocycles. The Kier molecular flexibility index (Phi) is 12.6. The molecular weight excluding hydrogens is 408 g/mol. The van der Waals surface area contributed by atoms with Crippen molar-refractivity contribution in [2.24, 2.45) is 0 Å². The Morgan fingerprint density at radius 1 is 0.567 bits per heavy atom. The van der Waals surface area contributed by atoms with Gasteiger partial charge in [-0.1, -0.05) is 102 Å². The average Bonchev–Trinajstić information content (AvgIpc) is 2.77. The molecule has 0 amide bonds. The van der Waals surface area contributed by atoms with Gasteiger partial charge in [-0.05, 0) is 24.3 Å². The highest BCUT2D eigenvalue weighted by Gasteiger charge is 2.32. The van der Waals surface area contributed by atoms with Gasteiger partial charge in [0.05, 0.1) is 9.81 Å². The number of benzene rings is 1. The van der Waals surface area contributed by atoms with E-state index in [0.29, 0.717) is 20.9 Å². The van der Waals surface area contributed by atoms with Crippen molar-refractivity contribution in [1.82, 2.24) is 0 Å². The summed E-state index contributed by atoms with van der Waals surface area (Å²) in [5.74, 6) is 1.94.